The number of nitrogens with two attached hydrogens (primary N) is 5. The van der Waals surface area contributed by atoms with Gasteiger partial charge in [-0.25, -0.2) is 4.79 Å². The van der Waals surface area contributed by atoms with Gasteiger partial charge in [-0.2, -0.15) is 25.3 Å². The van der Waals surface area contributed by atoms with E-state index in [0.717, 1.165) is 0 Å². The number of aliphatic hydroxyl groups excluding tert-OH is 2. The fraction of sp³-hybridized carbons (Fsp3) is 0.742. The summed E-state index contributed by atoms with van der Waals surface area (Å²) < 4.78 is 0. The number of hydrogen-bond acceptors (Lipinski definition) is 15. The van der Waals surface area contributed by atoms with Crippen molar-refractivity contribution in [3.63, 3.8) is 0 Å². The zero-order valence-electron chi connectivity index (χ0n) is 30.9. The molecule has 55 heavy (non-hydrogen) atoms. The average Bonchev–Trinajstić information content (AvgIpc) is 3.13. The summed E-state index contributed by atoms with van der Waals surface area (Å²) in [7, 11) is 0. The molecule has 0 aliphatic carbocycles. The molecule has 0 rings (SSSR count). The summed E-state index contributed by atoms with van der Waals surface area (Å²) >= 11 is 8.18. The Morgan fingerprint density at radius 3 is 1.53 bits per heavy atom. The summed E-state index contributed by atoms with van der Waals surface area (Å²) in [6.45, 7) is 1.10. The number of carbonyl (C=O) groups excluding carboxylic acids is 6. The first-order valence-electron chi connectivity index (χ1n) is 17.7. The second-order valence-corrected chi connectivity index (χ2v) is 13.3. The molecule has 0 saturated heterocycles. The van der Waals surface area contributed by atoms with E-state index in [9.17, 15) is 48.9 Å². The van der Waals surface area contributed by atoms with Gasteiger partial charge >= 0.3 is 5.97 Å². The lowest BCUT2D eigenvalue weighted by atomic mass is 10.1. The normalized spacial score (nSPS) is 15.3. The lowest BCUT2D eigenvalue weighted by Gasteiger charge is -2.27. The van der Waals surface area contributed by atoms with E-state index in [1.165, 1.54) is 6.92 Å². The molecule has 8 atom stereocenters. The van der Waals surface area contributed by atoms with E-state index >= 15 is 0 Å². The monoisotopic (exact) mass is 824 g/mol. The van der Waals surface area contributed by atoms with Crippen LogP contribution in [-0.4, -0.2) is 149 Å². The Hall–Kier alpha value is -3.94. The predicted molar refractivity (Wildman–Crippen MR) is 209 cm³/mol. The van der Waals surface area contributed by atoms with E-state index in [4.69, 9.17) is 28.7 Å². The zero-order chi connectivity index (χ0) is 42.1. The van der Waals surface area contributed by atoms with Crippen molar-refractivity contribution in [3.05, 3.63) is 0 Å². The zero-order valence-corrected chi connectivity index (χ0v) is 32.7. The van der Waals surface area contributed by atoms with E-state index in [1.54, 1.807) is 0 Å². The maximum atomic E-state index is 13.2. The van der Waals surface area contributed by atoms with Gasteiger partial charge in [-0.15, -0.1) is 0 Å². The number of nitrogens with one attached hydrogen (secondary N) is 6. The highest BCUT2D eigenvalue weighted by Crippen LogP contribution is 2.06. The van der Waals surface area contributed by atoms with Crippen LogP contribution < -0.4 is 60.6 Å². The molecule has 24 heteroatoms. The van der Waals surface area contributed by atoms with Crippen molar-refractivity contribution in [2.75, 3.05) is 37.7 Å². The minimum Gasteiger partial charge on any atom is -0.480 e. The number of thiol groups is 2. The first kappa shape index (κ1) is 51.1. The smallest absolute Gasteiger partial charge is 0.326 e. The number of rotatable bonds is 29. The van der Waals surface area contributed by atoms with Gasteiger partial charge in [0.25, 0.3) is 0 Å². The third-order valence-electron chi connectivity index (χ3n) is 7.96. The Balaban J connectivity index is 5.66. The van der Waals surface area contributed by atoms with E-state index in [2.05, 4.69) is 62.2 Å². The molecule has 0 bridgehead atoms. The molecule has 0 spiro atoms. The number of aliphatic hydroxyl groups is 2. The summed E-state index contributed by atoms with van der Waals surface area (Å²) in [4.78, 5) is 93.7. The van der Waals surface area contributed by atoms with Crippen molar-refractivity contribution in [3.8, 4) is 0 Å². The number of aliphatic carboxylic acids is 1. The number of carboxylic acids is 1. The van der Waals surface area contributed by atoms with Crippen molar-refractivity contribution >= 4 is 72.6 Å². The molecule has 0 radical (unpaired) electrons. The molecule has 0 aromatic carbocycles. The van der Waals surface area contributed by atoms with Crippen LogP contribution in [0.2, 0.25) is 0 Å². The van der Waals surface area contributed by atoms with Gasteiger partial charge in [0, 0.05) is 18.1 Å². The van der Waals surface area contributed by atoms with Crippen LogP contribution in [0.3, 0.4) is 0 Å². The Bertz CT molecular complexity index is 1280. The lowest BCUT2D eigenvalue weighted by Crippen LogP contribution is -2.62. The van der Waals surface area contributed by atoms with Gasteiger partial charge in [-0.3, -0.25) is 33.8 Å². The molecule has 0 aromatic heterocycles. The van der Waals surface area contributed by atoms with Crippen LogP contribution in [0.15, 0.2) is 4.99 Å². The van der Waals surface area contributed by atoms with Crippen LogP contribution in [0, 0.1) is 0 Å². The van der Waals surface area contributed by atoms with Gasteiger partial charge in [-0.05, 0) is 65.0 Å². The third-order valence-corrected chi connectivity index (χ3v) is 8.69. The molecule has 22 nitrogen and oxygen atoms in total. The second-order valence-electron chi connectivity index (χ2n) is 12.5. The molecular weight excluding hydrogens is 765 g/mol. The molecule has 19 N–H and O–H groups in total. The largest absolute Gasteiger partial charge is 0.480 e. The number of carboxylic acid groups (broad SMARTS) is 1. The van der Waals surface area contributed by atoms with Gasteiger partial charge < -0.3 is 75.9 Å². The first-order chi connectivity index (χ1) is 26.0. The predicted octanol–water partition coefficient (Wildman–Crippen LogP) is -6.15. The Kier molecular flexibility index (Phi) is 26.4. The summed E-state index contributed by atoms with van der Waals surface area (Å²) in [5, 5.41) is 43.9. The summed E-state index contributed by atoms with van der Waals surface area (Å²) in [5.41, 5.74) is 27.4. The van der Waals surface area contributed by atoms with Crippen LogP contribution in [0.1, 0.15) is 58.3 Å². The number of guanidine groups is 1. The molecule has 0 heterocycles. The summed E-state index contributed by atoms with van der Waals surface area (Å²) in [5.74, 6) is -7.51. The standard InChI is InChI=1S/C31H60N12O10S2/c1-16(45)23(43-24(46)17(34)7-2-4-10-32)29(51)42-22(15-55)28(50)41-21(14-54)27(49)40-20(13-44)26(48)38-18(8-3-5-11-33)25(47)39-19(30(52)53)9-6-12-37-31(35)36/h16-23,44-45,54-55H,2-15,32-34H2,1H3,(H,38,48)(H,39,47)(H,40,49)(H,41,50)(H,42,51)(H,43,46)(H,52,53)(H4,35,36,37)/t16-,17+,18+,19+,20+,21+,22+,23+/m1/s1. The van der Waals surface area contributed by atoms with Crippen molar-refractivity contribution in [2.45, 2.75) is 107 Å². The van der Waals surface area contributed by atoms with Crippen molar-refractivity contribution in [2.24, 2.45) is 33.7 Å². The van der Waals surface area contributed by atoms with E-state index in [0.29, 0.717) is 32.2 Å². The lowest BCUT2D eigenvalue weighted by molar-refractivity contribution is -0.142. The van der Waals surface area contributed by atoms with Crippen molar-refractivity contribution in [1.29, 1.82) is 0 Å². The highest BCUT2D eigenvalue weighted by atomic mass is 32.1. The maximum Gasteiger partial charge on any atom is 0.326 e. The fourth-order valence-corrected chi connectivity index (χ4v) is 5.28. The molecule has 0 aliphatic rings. The molecule has 0 unspecified atom stereocenters. The number of unbranched alkanes of at least 4 members (excludes halogenated alkanes) is 2. The number of carbonyl (C=O) groups is 7. The molecular formula is C31H60N12O10S2. The number of hydrogen-bond donors (Lipinski definition) is 16. The fourth-order valence-electron chi connectivity index (χ4n) is 4.76. The molecule has 0 fully saturated rings. The van der Waals surface area contributed by atoms with Crippen molar-refractivity contribution < 1.29 is 48.9 Å². The van der Waals surface area contributed by atoms with Gasteiger partial charge in [0.2, 0.25) is 35.4 Å². The van der Waals surface area contributed by atoms with Gasteiger partial charge in [0.1, 0.15) is 36.3 Å². The van der Waals surface area contributed by atoms with Gasteiger partial charge in [-0.1, -0.05) is 6.42 Å². The molecule has 316 valence electrons. The Morgan fingerprint density at radius 1 is 0.618 bits per heavy atom. The summed E-state index contributed by atoms with van der Waals surface area (Å²) in [6, 6.07) is -9.55. The number of nitrogens with zero attached hydrogens (tertiary/aromatic N) is 1. The number of amides is 6. The Labute approximate surface area is 330 Å². The topological polar surface area (TPSA) is 395 Å². The average molecular weight is 825 g/mol. The maximum absolute atomic E-state index is 13.2. The quantitative estimate of drug-likeness (QED) is 0.0144. The number of aliphatic imine (C=N–C) groups is 1. The van der Waals surface area contributed by atoms with Gasteiger partial charge in [0.15, 0.2) is 5.96 Å². The SMILES string of the molecule is C[C@@H](O)[C@H](NC(=O)[C@@H](N)CCCCN)C(=O)N[C@@H](CS)C(=O)N[C@@H](CS)C(=O)N[C@@H](CO)C(=O)N[C@@H](CCCCN)C(=O)N[C@@H](CCCN=C(N)N)C(=O)O. The minimum atomic E-state index is -1.64. The van der Waals surface area contributed by atoms with E-state index in [-0.39, 0.29) is 56.2 Å². The first-order valence-corrected chi connectivity index (χ1v) is 19.0. The molecule has 0 aromatic rings. The van der Waals surface area contributed by atoms with Crippen LogP contribution >= 0.6 is 25.3 Å². The van der Waals surface area contributed by atoms with Crippen LogP contribution in [0.5, 0.6) is 0 Å². The Morgan fingerprint density at radius 2 is 1.05 bits per heavy atom. The highest BCUT2D eigenvalue weighted by molar-refractivity contribution is 7.80. The van der Waals surface area contributed by atoms with E-state index < -0.39 is 96.4 Å². The molecule has 0 aliphatic heterocycles. The summed E-state index contributed by atoms with van der Waals surface area (Å²) in [6.07, 6.45) is 1.13. The van der Waals surface area contributed by atoms with Crippen LogP contribution in [-0.2, 0) is 33.6 Å². The van der Waals surface area contributed by atoms with Gasteiger partial charge in [0.05, 0.1) is 18.8 Å². The minimum absolute atomic E-state index is 0.0341. The van der Waals surface area contributed by atoms with Crippen molar-refractivity contribution in [1.82, 2.24) is 31.9 Å². The highest BCUT2D eigenvalue weighted by Gasteiger charge is 2.34. The second kappa shape index (κ2) is 28.5. The van der Waals surface area contributed by atoms with E-state index in [1.807, 2.05) is 0 Å². The molecule has 0 saturated carbocycles. The van der Waals surface area contributed by atoms with Crippen LogP contribution in [0.4, 0.5) is 0 Å². The van der Waals surface area contributed by atoms with Crippen LogP contribution in [0.25, 0.3) is 0 Å². The third kappa shape index (κ3) is 20.5. The molecule has 6 amide bonds.